The van der Waals surface area contributed by atoms with Gasteiger partial charge in [-0.05, 0) is 50.6 Å². The van der Waals surface area contributed by atoms with Crippen LogP contribution >= 0.6 is 0 Å². The van der Waals surface area contributed by atoms with Crippen molar-refractivity contribution in [1.82, 2.24) is 24.9 Å². The van der Waals surface area contributed by atoms with E-state index in [2.05, 4.69) is 37.2 Å². The SMILES string of the molecule is CCCC[C@](C)(CO)Nc1nc(N)nc2cc(-c3ccc(-c4ccc(C)nc4)nc3)ncc12. The summed E-state index contributed by atoms with van der Waals surface area (Å²) in [5, 5.41) is 14.1. The Bertz CT molecular complexity index is 1240. The van der Waals surface area contributed by atoms with E-state index in [9.17, 15) is 5.11 Å². The number of hydrogen-bond acceptors (Lipinski definition) is 8. The third-order valence-electron chi connectivity index (χ3n) is 5.72. The summed E-state index contributed by atoms with van der Waals surface area (Å²) in [5.41, 5.74) is 10.6. The Kier molecular flexibility index (Phi) is 6.46. The van der Waals surface area contributed by atoms with Crippen LogP contribution in [0, 0.1) is 6.92 Å². The maximum atomic E-state index is 9.96. The number of pyridine rings is 3. The lowest BCUT2D eigenvalue weighted by molar-refractivity contribution is 0.212. The number of rotatable bonds is 8. The summed E-state index contributed by atoms with van der Waals surface area (Å²) in [4.78, 5) is 22.3. The molecule has 0 saturated carbocycles. The Labute approximate surface area is 193 Å². The third kappa shape index (κ3) is 5.06. The van der Waals surface area contributed by atoms with Gasteiger partial charge in [-0.1, -0.05) is 19.8 Å². The summed E-state index contributed by atoms with van der Waals surface area (Å²) >= 11 is 0. The van der Waals surface area contributed by atoms with Crippen LogP contribution in [-0.2, 0) is 0 Å². The van der Waals surface area contributed by atoms with Gasteiger partial charge in [0, 0.05) is 35.4 Å². The molecule has 0 amide bonds. The Hall–Kier alpha value is -3.65. The topological polar surface area (TPSA) is 123 Å². The lowest BCUT2D eigenvalue weighted by atomic mass is 9.95. The van der Waals surface area contributed by atoms with Gasteiger partial charge in [0.05, 0.1) is 34.4 Å². The van der Waals surface area contributed by atoms with Crippen molar-refractivity contribution in [2.24, 2.45) is 0 Å². The molecule has 0 fully saturated rings. The van der Waals surface area contributed by atoms with Crippen molar-refractivity contribution in [3.8, 4) is 22.5 Å². The minimum absolute atomic E-state index is 0.0154. The van der Waals surface area contributed by atoms with E-state index in [1.807, 2.05) is 50.4 Å². The van der Waals surface area contributed by atoms with Gasteiger partial charge in [-0.3, -0.25) is 15.0 Å². The van der Waals surface area contributed by atoms with E-state index >= 15 is 0 Å². The molecule has 0 aliphatic rings. The molecule has 8 nitrogen and oxygen atoms in total. The first-order valence-electron chi connectivity index (χ1n) is 11.1. The van der Waals surface area contributed by atoms with Crippen molar-refractivity contribution in [3.63, 3.8) is 0 Å². The monoisotopic (exact) mass is 443 g/mol. The second-order valence-electron chi connectivity index (χ2n) is 8.58. The lowest BCUT2D eigenvalue weighted by Crippen LogP contribution is -2.39. The Morgan fingerprint density at radius 1 is 0.970 bits per heavy atom. The largest absolute Gasteiger partial charge is 0.394 e. The van der Waals surface area contributed by atoms with Gasteiger partial charge < -0.3 is 16.2 Å². The van der Waals surface area contributed by atoms with Crippen LogP contribution in [-0.4, -0.2) is 42.2 Å². The number of nitrogens with zero attached hydrogens (tertiary/aromatic N) is 5. The van der Waals surface area contributed by atoms with Crippen molar-refractivity contribution in [1.29, 1.82) is 0 Å². The van der Waals surface area contributed by atoms with Crippen LogP contribution < -0.4 is 11.1 Å². The molecule has 170 valence electrons. The number of aromatic nitrogens is 5. The van der Waals surface area contributed by atoms with Gasteiger partial charge in [0.1, 0.15) is 5.82 Å². The number of aliphatic hydroxyl groups excluding tert-OH is 1. The number of anilines is 2. The highest BCUT2D eigenvalue weighted by atomic mass is 16.3. The molecular weight excluding hydrogens is 414 g/mol. The molecule has 0 aromatic carbocycles. The zero-order valence-electron chi connectivity index (χ0n) is 19.2. The fourth-order valence-electron chi connectivity index (χ4n) is 3.67. The van der Waals surface area contributed by atoms with Crippen LogP contribution in [0.25, 0.3) is 33.4 Å². The molecular formula is C25H29N7O. The minimum atomic E-state index is -0.507. The van der Waals surface area contributed by atoms with Gasteiger partial charge in [0.2, 0.25) is 5.95 Å². The van der Waals surface area contributed by atoms with E-state index in [1.165, 1.54) is 0 Å². The molecule has 0 aliphatic carbocycles. The summed E-state index contributed by atoms with van der Waals surface area (Å²) in [6.45, 7) is 6.04. The lowest BCUT2D eigenvalue weighted by Gasteiger charge is -2.29. The summed E-state index contributed by atoms with van der Waals surface area (Å²) in [7, 11) is 0. The van der Waals surface area contributed by atoms with Crippen LogP contribution in [0.3, 0.4) is 0 Å². The van der Waals surface area contributed by atoms with Gasteiger partial charge >= 0.3 is 0 Å². The average Bonchev–Trinajstić information content (AvgIpc) is 2.83. The minimum Gasteiger partial charge on any atom is -0.394 e. The number of aryl methyl sites for hydroxylation is 1. The number of nitrogens with one attached hydrogen (secondary N) is 1. The Balaban J connectivity index is 1.65. The Morgan fingerprint density at radius 3 is 2.36 bits per heavy atom. The quantitative estimate of drug-likeness (QED) is 0.366. The van der Waals surface area contributed by atoms with E-state index < -0.39 is 5.54 Å². The highest BCUT2D eigenvalue weighted by Gasteiger charge is 2.24. The van der Waals surface area contributed by atoms with Crippen molar-refractivity contribution in [3.05, 3.63) is 54.6 Å². The maximum absolute atomic E-state index is 9.96. The molecule has 4 rings (SSSR count). The van der Waals surface area contributed by atoms with Gasteiger partial charge in [-0.15, -0.1) is 0 Å². The van der Waals surface area contributed by atoms with E-state index in [4.69, 9.17) is 5.73 Å². The van der Waals surface area contributed by atoms with Gasteiger partial charge in [0.15, 0.2) is 0 Å². The summed E-state index contributed by atoms with van der Waals surface area (Å²) in [6, 6.07) is 9.79. The zero-order valence-corrected chi connectivity index (χ0v) is 19.2. The number of hydrogen-bond donors (Lipinski definition) is 3. The fourth-order valence-corrected chi connectivity index (χ4v) is 3.67. The average molecular weight is 444 g/mol. The van der Waals surface area contributed by atoms with Crippen LogP contribution in [0.4, 0.5) is 11.8 Å². The number of fused-ring (bicyclic) bond motifs is 1. The number of aliphatic hydroxyl groups is 1. The molecule has 4 heterocycles. The zero-order chi connectivity index (χ0) is 23.4. The predicted molar refractivity (Wildman–Crippen MR) is 132 cm³/mol. The smallest absolute Gasteiger partial charge is 0.222 e. The van der Waals surface area contributed by atoms with Crippen molar-refractivity contribution in [2.45, 2.75) is 45.6 Å². The van der Waals surface area contributed by atoms with E-state index in [0.717, 1.165) is 52.9 Å². The second-order valence-corrected chi connectivity index (χ2v) is 8.58. The standard InChI is InChI=1S/C25H29N7O/c1-4-5-10-25(3,15-33)32-23-19-14-29-21(11-22(19)30-24(26)31-23)18-8-9-20(28-13-18)17-7-6-16(2)27-12-17/h6-9,11-14,33H,4-5,10,15H2,1-3H3,(H3,26,30,31,32)/t25-/m1/s1. The molecule has 0 spiro atoms. The summed E-state index contributed by atoms with van der Waals surface area (Å²) in [6.07, 6.45) is 8.20. The maximum Gasteiger partial charge on any atom is 0.222 e. The first kappa shape index (κ1) is 22.5. The molecule has 0 radical (unpaired) electrons. The molecule has 4 N–H and O–H groups in total. The molecule has 1 atom stereocenters. The molecule has 0 unspecified atom stereocenters. The number of nitrogen functional groups attached to an aromatic ring is 1. The first-order chi connectivity index (χ1) is 15.9. The van der Waals surface area contributed by atoms with Crippen LogP contribution in [0.1, 0.15) is 38.8 Å². The molecule has 0 saturated heterocycles. The molecule has 8 heteroatoms. The highest BCUT2D eigenvalue weighted by molar-refractivity contribution is 5.91. The fraction of sp³-hybridized carbons (Fsp3) is 0.320. The van der Waals surface area contributed by atoms with Crippen LogP contribution in [0.2, 0.25) is 0 Å². The van der Waals surface area contributed by atoms with Gasteiger partial charge in [-0.25, -0.2) is 4.98 Å². The van der Waals surface area contributed by atoms with E-state index in [0.29, 0.717) is 11.3 Å². The van der Waals surface area contributed by atoms with Crippen LogP contribution in [0.15, 0.2) is 48.9 Å². The molecule has 0 aliphatic heterocycles. The number of nitrogens with two attached hydrogens (primary N) is 1. The summed E-state index contributed by atoms with van der Waals surface area (Å²) < 4.78 is 0. The second kappa shape index (κ2) is 9.46. The van der Waals surface area contributed by atoms with E-state index in [-0.39, 0.29) is 12.6 Å². The van der Waals surface area contributed by atoms with Crippen LogP contribution in [0.5, 0.6) is 0 Å². The van der Waals surface area contributed by atoms with Gasteiger partial charge in [-0.2, -0.15) is 4.98 Å². The van der Waals surface area contributed by atoms with E-state index in [1.54, 1.807) is 12.4 Å². The van der Waals surface area contributed by atoms with Crippen molar-refractivity contribution < 1.29 is 5.11 Å². The first-order valence-corrected chi connectivity index (χ1v) is 11.1. The molecule has 4 aromatic heterocycles. The third-order valence-corrected chi connectivity index (χ3v) is 5.72. The van der Waals surface area contributed by atoms with Crippen molar-refractivity contribution in [2.75, 3.05) is 17.7 Å². The van der Waals surface area contributed by atoms with Gasteiger partial charge in [0.25, 0.3) is 0 Å². The molecule has 4 aromatic rings. The number of unbranched alkanes of at least 4 members (excludes halogenated alkanes) is 1. The summed E-state index contributed by atoms with van der Waals surface area (Å²) in [5.74, 6) is 0.739. The molecule has 33 heavy (non-hydrogen) atoms. The molecule has 0 bridgehead atoms. The normalized spacial score (nSPS) is 13.1. The highest BCUT2D eigenvalue weighted by Crippen LogP contribution is 2.29. The predicted octanol–water partition coefficient (Wildman–Crippen LogP) is 4.39. The Morgan fingerprint density at radius 2 is 1.70 bits per heavy atom. The van der Waals surface area contributed by atoms with Crippen molar-refractivity contribution >= 4 is 22.7 Å².